The van der Waals surface area contributed by atoms with Gasteiger partial charge in [0.05, 0.1) is 18.8 Å². The predicted molar refractivity (Wildman–Crippen MR) is 105 cm³/mol. The molecule has 0 aliphatic carbocycles. The Balaban J connectivity index is 1.69. The Morgan fingerprint density at radius 2 is 1.67 bits per heavy atom. The molecule has 0 unspecified atom stereocenters. The molecule has 5 heteroatoms. The summed E-state index contributed by atoms with van der Waals surface area (Å²) in [5.41, 5.74) is 2.53. The van der Waals surface area contributed by atoms with E-state index in [0.29, 0.717) is 11.4 Å². The molecule has 1 aliphatic rings. The minimum atomic E-state index is -0.714. The van der Waals surface area contributed by atoms with Gasteiger partial charge in [-0.15, -0.1) is 0 Å². The molecule has 0 radical (unpaired) electrons. The quantitative estimate of drug-likeness (QED) is 0.714. The molecule has 3 aromatic rings. The number of anilines is 2. The van der Waals surface area contributed by atoms with Crippen molar-refractivity contribution in [2.24, 2.45) is 0 Å². The minimum Gasteiger partial charge on any atom is -0.497 e. The molecule has 5 nitrogen and oxygen atoms in total. The van der Waals surface area contributed by atoms with Crippen LogP contribution in [0.1, 0.15) is 11.6 Å². The number of carbonyl (C=O) groups is 1. The lowest BCUT2D eigenvalue weighted by Gasteiger charge is -2.32. The number of nitrogens with one attached hydrogen (secondary N) is 2. The lowest BCUT2D eigenvalue weighted by atomic mass is 9.98. The number of hydrogen-bond acceptors (Lipinski definition) is 4. The Morgan fingerprint density at radius 3 is 2.41 bits per heavy atom. The zero-order valence-electron chi connectivity index (χ0n) is 14.9. The number of fused-ring (bicyclic) bond motifs is 1. The topological polar surface area (TPSA) is 59.6 Å². The lowest BCUT2D eigenvalue weighted by molar-refractivity contribution is -0.124. The predicted octanol–water partition coefficient (Wildman–Crippen LogP) is 4.25. The first-order valence-corrected chi connectivity index (χ1v) is 8.77. The molecule has 3 aromatic carbocycles. The number of rotatable bonds is 5. The van der Waals surface area contributed by atoms with Crippen LogP contribution < -0.4 is 20.1 Å². The van der Waals surface area contributed by atoms with Gasteiger partial charge in [0.2, 0.25) is 6.10 Å². The third kappa shape index (κ3) is 3.58. The Bertz CT molecular complexity index is 926. The molecule has 136 valence electrons. The highest BCUT2D eigenvalue weighted by Gasteiger charge is 2.35. The van der Waals surface area contributed by atoms with E-state index >= 15 is 0 Å². The van der Waals surface area contributed by atoms with Gasteiger partial charge in [-0.25, -0.2) is 0 Å². The van der Waals surface area contributed by atoms with Crippen LogP contribution in [0.25, 0.3) is 0 Å². The fourth-order valence-electron chi connectivity index (χ4n) is 3.15. The van der Waals surface area contributed by atoms with Gasteiger partial charge in [-0.05, 0) is 42.0 Å². The normalized spacial score (nSPS) is 16.5. The molecule has 0 spiro atoms. The van der Waals surface area contributed by atoms with E-state index in [1.54, 1.807) is 7.11 Å². The minimum absolute atomic E-state index is 0.182. The SMILES string of the molecule is COc1ccc([C@H](Nc2ccccc2)[C@@H]2Oc3ccccc3NC2=O)cc1. The molecular formula is C22H20N2O3. The first-order valence-electron chi connectivity index (χ1n) is 8.77. The summed E-state index contributed by atoms with van der Waals surface area (Å²) < 4.78 is 11.3. The second-order valence-corrected chi connectivity index (χ2v) is 6.29. The van der Waals surface area contributed by atoms with Gasteiger partial charge in [-0.1, -0.05) is 42.5 Å². The summed E-state index contributed by atoms with van der Waals surface area (Å²) in [5, 5.41) is 6.38. The van der Waals surface area contributed by atoms with E-state index in [4.69, 9.17) is 9.47 Å². The maximum absolute atomic E-state index is 12.8. The van der Waals surface area contributed by atoms with E-state index in [0.717, 1.165) is 17.0 Å². The van der Waals surface area contributed by atoms with Crippen LogP contribution in [0, 0.1) is 0 Å². The van der Waals surface area contributed by atoms with Crippen molar-refractivity contribution in [1.82, 2.24) is 0 Å². The van der Waals surface area contributed by atoms with E-state index in [2.05, 4.69) is 10.6 Å². The molecule has 0 saturated heterocycles. The van der Waals surface area contributed by atoms with E-state index in [9.17, 15) is 4.79 Å². The van der Waals surface area contributed by atoms with Crippen molar-refractivity contribution in [3.05, 3.63) is 84.4 Å². The van der Waals surface area contributed by atoms with Crippen LogP contribution in [-0.2, 0) is 4.79 Å². The van der Waals surface area contributed by atoms with Gasteiger partial charge in [0.1, 0.15) is 11.5 Å². The maximum Gasteiger partial charge on any atom is 0.268 e. The summed E-state index contributed by atoms with van der Waals surface area (Å²) in [6.07, 6.45) is -0.714. The van der Waals surface area contributed by atoms with Crippen molar-refractivity contribution in [1.29, 1.82) is 0 Å². The molecule has 2 atom stereocenters. The van der Waals surface area contributed by atoms with Crippen molar-refractivity contribution < 1.29 is 14.3 Å². The lowest BCUT2D eigenvalue weighted by Crippen LogP contribution is -2.44. The summed E-state index contributed by atoms with van der Waals surface area (Å²) in [5.74, 6) is 1.24. The van der Waals surface area contributed by atoms with Gasteiger partial charge < -0.3 is 20.1 Å². The molecule has 27 heavy (non-hydrogen) atoms. The summed E-state index contributed by atoms with van der Waals surface area (Å²) in [6.45, 7) is 0. The van der Waals surface area contributed by atoms with Gasteiger partial charge >= 0.3 is 0 Å². The summed E-state index contributed by atoms with van der Waals surface area (Å²) in [4.78, 5) is 12.8. The average Bonchev–Trinajstić information content (AvgIpc) is 2.72. The van der Waals surface area contributed by atoms with Crippen LogP contribution in [0.4, 0.5) is 11.4 Å². The third-order valence-electron chi connectivity index (χ3n) is 4.53. The fourth-order valence-corrected chi connectivity index (χ4v) is 3.15. The van der Waals surface area contributed by atoms with Gasteiger partial charge in [0.25, 0.3) is 5.91 Å². The van der Waals surface area contributed by atoms with Crippen molar-refractivity contribution >= 4 is 17.3 Å². The van der Waals surface area contributed by atoms with Crippen LogP contribution in [0.2, 0.25) is 0 Å². The Hall–Kier alpha value is -3.47. The van der Waals surface area contributed by atoms with Crippen molar-refractivity contribution in [3.63, 3.8) is 0 Å². The maximum atomic E-state index is 12.8. The average molecular weight is 360 g/mol. The van der Waals surface area contributed by atoms with E-state index in [1.807, 2.05) is 78.9 Å². The van der Waals surface area contributed by atoms with Crippen LogP contribution in [0.5, 0.6) is 11.5 Å². The smallest absolute Gasteiger partial charge is 0.268 e. The first-order chi connectivity index (χ1) is 13.2. The monoisotopic (exact) mass is 360 g/mol. The molecule has 0 fully saturated rings. The molecule has 1 aliphatic heterocycles. The van der Waals surface area contributed by atoms with Gasteiger partial charge in [-0.3, -0.25) is 4.79 Å². The van der Waals surface area contributed by atoms with Crippen LogP contribution in [-0.4, -0.2) is 19.1 Å². The zero-order valence-corrected chi connectivity index (χ0v) is 14.9. The van der Waals surface area contributed by atoms with Gasteiger partial charge in [-0.2, -0.15) is 0 Å². The number of para-hydroxylation sites is 3. The Morgan fingerprint density at radius 1 is 0.963 bits per heavy atom. The molecule has 2 N–H and O–H groups in total. The number of ether oxygens (including phenoxy) is 2. The summed E-state index contributed by atoms with van der Waals surface area (Å²) >= 11 is 0. The van der Waals surface area contributed by atoms with Crippen molar-refractivity contribution in [2.75, 3.05) is 17.7 Å². The van der Waals surface area contributed by atoms with E-state index in [1.165, 1.54) is 0 Å². The van der Waals surface area contributed by atoms with Crippen molar-refractivity contribution in [3.8, 4) is 11.5 Å². The number of carbonyl (C=O) groups excluding carboxylic acids is 1. The highest BCUT2D eigenvalue weighted by Crippen LogP contribution is 2.34. The van der Waals surface area contributed by atoms with Gasteiger partial charge in [0.15, 0.2) is 0 Å². The summed E-state index contributed by atoms with van der Waals surface area (Å²) in [7, 11) is 1.63. The van der Waals surface area contributed by atoms with E-state index < -0.39 is 6.10 Å². The molecule has 0 bridgehead atoms. The molecular weight excluding hydrogens is 340 g/mol. The molecule has 4 rings (SSSR count). The molecule has 0 saturated carbocycles. The van der Waals surface area contributed by atoms with Crippen LogP contribution in [0.15, 0.2) is 78.9 Å². The molecule has 0 aromatic heterocycles. The second-order valence-electron chi connectivity index (χ2n) is 6.29. The Kier molecular flexibility index (Phi) is 4.66. The zero-order chi connectivity index (χ0) is 18.6. The standard InChI is InChI=1S/C22H20N2O3/c1-26-17-13-11-15(12-14-17)20(23-16-7-3-2-4-8-16)21-22(25)24-18-9-5-6-10-19(18)27-21/h2-14,20-21,23H,1H3,(H,24,25)/t20-,21-/m0/s1. The number of amides is 1. The first kappa shape index (κ1) is 17.0. The van der Waals surface area contributed by atoms with E-state index in [-0.39, 0.29) is 11.9 Å². The molecule has 1 amide bonds. The number of hydrogen-bond donors (Lipinski definition) is 2. The third-order valence-corrected chi connectivity index (χ3v) is 4.53. The van der Waals surface area contributed by atoms with Crippen LogP contribution in [0.3, 0.4) is 0 Å². The Labute approximate surface area is 157 Å². The highest BCUT2D eigenvalue weighted by atomic mass is 16.5. The number of methoxy groups -OCH3 is 1. The molecule has 1 heterocycles. The van der Waals surface area contributed by atoms with Gasteiger partial charge in [0, 0.05) is 5.69 Å². The second kappa shape index (κ2) is 7.41. The highest BCUT2D eigenvalue weighted by molar-refractivity contribution is 5.98. The van der Waals surface area contributed by atoms with Crippen molar-refractivity contribution in [2.45, 2.75) is 12.1 Å². The number of benzene rings is 3. The largest absolute Gasteiger partial charge is 0.497 e. The van der Waals surface area contributed by atoms with Crippen LogP contribution >= 0.6 is 0 Å². The fraction of sp³-hybridized carbons (Fsp3) is 0.136. The summed E-state index contributed by atoms with van der Waals surface area (Å²) in [6, 6.07) is 24.5.